The molecule has 23 heavy (non-hydrogen) atoms. The van der Waals surface area contributed by atoms with Crippen LogP contribution in [-0.2, 0) is 14.6 Å². The fraction of sp³-hybridized carbons (Fsp3) is 0.375. The fourth-order valence-electron chi connectivity index (χ4n) is 1.87. The first-order chi connectivity index (χ1) is 10.7. The minimum absolute atomic E-state index is 0.405. The summed E-state index contributed by atoms with van der Waals surface area (Å²) < 4.78 is 23.5. The van der Waals surface area contributed by atoms with E-state index in [1.54, 1.807) is 13.8 Å². The molecule has 2 rings (SSSR count). The van der Waals surface area contributed by atoms with Crippen molar-refractivity contribution in [2.24, 2.45) is 0 Å². The van der Waals surface area contributed by atoms with Crippen LogP contribution in [0.1, 0.15) is 25.0 Å². The molecule has 7 heteroatoms. The van der Waals surface area contributed by atoms with Crippen LogP contribution < -0.4 is 5.32 Å². The van der Waals surface area contributed by atoms with Crippen molar-refractivity contribution in [1.29, 1.82) is 0 Å². The molecule has 0 spiro atoms. The molecule has 0 atom stereocenters. The Balaban J connectivity index is 2.10. The first kappa shape index (κ1) is 17.6. The molecule has 0 aliphatic rings. The minimum atomic E-state index is -3.41. The Kier molecular flexibility index (Phi) is 5.21. The number of hydrogen-bond acceptors (Lipinski definition) is 5. The van der Waals surface area contributed by atoms with Crippen LogP contribution in [0.2, 0.25) is 0 Å². The van der Waals surface area contributed by atoms with Gasteiger partial charge in [-0.05, 0) is 44.9 Å². The molecule has 0 saturated heterocycles. The van der Waals surface area contributed by atoms with Crippen molar-refractivity contribution < 1.29 is 13.2 Å². The molecule has 0 aliphatic heterocycles. The first-order valence-electron chi connectivity index (χ1n) is 7.23. The lowest BCUT2D eigenvalue weighted by Gasteiger charge is -2.06. The van der Waals surface area contributed by atoms with Crippen molar-refractivity contribution in [2.45, 2.75) is 32.9 Å². The molecule has 1 aromatic carbocycles. The average Bonchev–Trinajstić information content (AvgIpc) is 2.89. The summed E-state index contributed by atoms with van der Waals surface area (Å²) in [6.45, 7) is 7.19. The number of carbonyl (C=O) groups is 1. The molecule has 0 radical (unpaired) electrons. The van der Waals surface area contributed by atoms with Gasteiger partial charge in [0.05, 0.1) is 10.9 Å². The highest BCUT2D eigenvalue weighted by Gasteiger charge is 2.21. The van der Waals surface area contributed by atoms with Crippen LogP contribution in [0.4, 0.5) is 5.13 Å². The zero-order chi connectivity index (χ0) is 17.2. The van der Waals surface area contributed by atoms with Gasteiger partial charge < -0.3 is 5.32 Å². The summed E-state index contributed by atoms with van der Waals surface area (Å²) in [6.07, 6.45) is 0. The Morgan fingerprint density at radius 3 is 2.57 bits per heavy atom. The molecule has 0 fully saturated rings. The number of nitrogens with zero attached hydrogens (tertiary/aromatic N) is 1. The predicted octanol–water partition coefficient (Wildman–Crippen LogP) is 3.19. The van der Waals surface area contributed by atoms with E-state index in [1.807, 2.05) is 37.4 Å². The zero-order valence-electron chi connectivity index (χ0n) is 13.6. The second-order valence-electron chi connectivity index (χ2n) is 5.74. The molecule has 1 N–H and O–H groups in total. The van der Waals surface area contributed by atoms with E-state index in [4.69, 9.17) is 0 Å². The molecule has 5 nitrogen and oxygen atoms in total. The highest BCUT2D eigenvalue weighted by atomic mass is 32.2. The summed E-state index contributed by atoms with van der Waals surface area (Å²) >= 11 is 1.28. The van der Waals surface area contributed by atoms with E-state index in [-0.39, 0.29) is 0 Å². The number of aromatic nitrogens is 1. The third-order valence-electron chi connectivity index (χ3n) is 3.60. The van der Waals surface area contributed by atoms with Crippen molar-refractivity contribution >= 4 is 32.2 Å². The molecule has 0 saturated carbocycles. The van der Waals surface area contributed by atoms with Gasteiger partial charge in [-0.25, -0.2) is 13.4 Å². The van der Waals surface area contributed by atoms with E-state index in [0.717, 1.165) is 11.3 Å². The average molecular weight is 352 g/mol. The molecule has 2 aromatic rings. The first-order valence-corrected chi connectivity index (χ1v) is 9.83. The maximum absolute atomic E-state index is 11.9. The molecule has 0 unspecified atom stereocenters. The number of aryl methyl sites for hydroxylation is 2. The maximum atomic E-state index is 11.9. The monoisotopic (exact) mass is 352 g/mol. The molecule has 1 heterocycles. The summed E-state index contributed by atoms with van der Waals surface area (Å²) in [7, 11) is -3.41. The highest BCUT2D eigenvalue weighted by molar-refractivity contribution is 7.92. The maximum Gasteiger partial charge on any atom is 0.241 e. The van der Waals surface area contributed by atoms with E-state index in [9.17, 15) is 13.2 Å². The second-order valence-corrected chi connectivity index (χ2v) is 9.16. The smallest absolute Gasteiger partial charge is 0.241 e. The van der Waals surface area contributed by atoms with Gasteiger partial charge >= 0.3 is 0 Å². The lowest BCUT2D eigenvalue weighted by atomic mass is 10.1. The lowest BCUT2D eigenvalue weighted by Crippen LogP contribution is -2.27. The summed E-state index contributed by atoms with van der Waals surface area (Å²) in [5.74, 6) is -1.08. The van der Waals surface area contributed by atoms with Gasteiger partial charge in [0.25, 0.3) is 0 Å². The third-order valence-corrected chi connectivity index (χ3v) is 6.46. The van der Waals surface area contributed by atoms with Gasteiger partial charge in [0.15, 0.2) is 15.0 Å². The number of anilines is 1. The van der Waals surface area contributed by atoms with Crippen molar-refractivity contribution in [1.82, 2.24) is 4.98 Å². The SMILES string of the molecule is Cc1ccc(-c2csc(NC(=O)CS(=O)(=O)C(C)C)n2)cc1C. The summed E-state index contributed by atoms with van der Waals surface area (Å²) in [5.41, 5.74) is 4.11. The quantitative estimate of drug-likeness (QED) is 0.896. The second kappa shape index (κ2) is 6.80. The van der Waals surface area contributed by atoms with E-state index in [2.05, 4.69) is 10.3 Å². The van der Waals surface area contributed by atoms with Gasteiger partial charge in [-0.15, -0.1) is 11.3 Å². The van der Waals surface area contributed by atoms with Crippen molar-refractivity contribution in [3.8, 4) is 11.3 Å². The van der Waals surface area contributed by atoms with Crippen molar-refractivity contribution in [3.63, 3.8) is 0 Å². The number of rotatable bonds is 5. The normalized spacial score (nSPS) is 11.7. The molecular weight excluding hydrogens is 332 g/mol. The Hall–Kier alpha value is -1.73. The standard InChI is InChI=1S/C16H20N2O3S2/c1-10(2)23(20,21)9-15(19)18-16-17-14(8-22-16)13-6-5-11(3)12(4)7-13/h5-8,10H,9H2,1-4H3,(H,17,18,19). The molecule has 1 amide bonds. The number of thiazole rings is 1. The van der Waals surface area contributed by atoms with Gasteiger partial charge in [-0.3, -0.25) is 4.79 Å². The molecular formula is C16H20N2O3S2. The largest absolute Gasteiger partial charge is 0.301 e. The fourth-order valence-corrected chi connectivity index (χ4v) is 3.38. The topological polar surface area (TPSA) is 76.1 Å². The van der Waals surface area contributed by atoms with E-state index in [0.29, 0.717) is 5.13 Å². The van der Waals surface area contributed by atoms with Gasteiger partial charge in [-0.1, -0.05) is 12.1 Å². The van der Waals surface area contributed by atoms with Crippen LogP contribution in [0.15, 0.2) is 23.6 Å². The third kappa shape index (κ3) is 4.39. The van der Waals surface area contributed by atoms with E-state index in [1.165, 1.54) is 22.5 Å². The highest BCUT2D eigenvalue weighted by Crippen LogP contribution is 2.26. The number of amides is 1. The zero-order valence-corrected chi connectivity index (χ0v) is 15.2. The van der Waals surface area contributed by atoms with Crippen LogP contribution in [0, 0.1) is 13.8 Å². The van der Waals surface area contributed by atoms with Gasteiger partial charge in [0, 0.05) is 10.9 Å². The predicted molar refractivity (Wildman–Crippen MR) is 94.6 cm³/mol. The Morgan fingerprint density at radius 2 is 1.96 bits per heavy atom. The van der Waals surface area contributed by atoms with Gasteiger partial charge in [0.2, 0.25) is 5.91 Å². The van der Waals surface area contributed by atoms with Crippen molar-refractivity contribution in [3.05, 3.63) is 34.7 Å². The number of sulfone groups is 1. The lowest BCUT2D eigenvalue weighted by molar-refractivity contribution is -0.113. The summed E-state index contributed by atoms with van der Waals surface area (Å²) in [4.78, 5) is 16.2. The van der Waals surface area contributed by atoms with Crippen LogP contribution in [-0.4, -0.2) is 30.3 Å². The summed E-state index contributed by atoms with van der Waals surface area (Å²) in [5, 5.41) is 4.23. The molecule has 124 valence electrons. The van der Waals surface area contributed by atoms with Gasteiger partial charge in [-0.2, -0.15) is 0 Å². The number of benzene rings is 1. The Bertz CT molecular complexity index is 824. The summed E-state index contributed by atoms with van der Waals surface area (Å²) in [6, 6.07) is 6.04. The van der Waals surface area contributed by atoms with E-state index < -0.39 is 26.7 Å². The number of nitrogens with one attached hydrogen (secondary N) is 1. The minimum Gasteiger partial charge on any atom is -0.301 e. The molecule has 0 aliphatic carbocycles. The van der Waals surface area contributed by atoms with Crippen LogP contribution in [0.3, 0.4) is 0 Å². The van der Waals surface area contributed by atoms with Crippen LogP contribution in [0.25, 0.3) is 11.3 Å². The van der Waals surface area contributed by atoms with Crippen LogP contribution in [0.5, 0.6) is 0 Å². The molecule has 1 aromatic heterocycles. The van der Waals surface area contributed by atoms with Crippen molar-refractivity contribution in [2.75, 3.05) is 11.1 Å². The molecule has 0 bridgehead atoms. The van der Waals surface area contributed by atoms with E-state index >= 15 is 0 Å². The Morgan fingerprint density at radius 1 is 1.26 bits per heavy atom. The van der Waals surface area contributed by atoms with Gasteiger partial charge in [0.1, 0.15) is 5.75 Å². The number of carbonyl (C=O) groups excluding carboxylic acids is 1. The Labute approximate surface area is 140 Å². The van der Waals surface area contributed by atoms with Crippen LogP contribution >= 0.6 is 11.3 Å². The number of hydrogen-bond donors (Lipinski definition) is 1.